The van der Waals surface area contributed by atoms with Gasteiger partial charge >= 0.3 is 0 Å². The van der Waals surface area contributed by atoms with Gasteiger partial charge in [0.2, 0.25) is 10.0 Å². The van der Waals surface area contributed by atoms with E-state index in [1.54, 1.807) is 12.1 Å². The van der Waals surface area contributed by atoms with Crippen LogP contribution in [0.2, 0.25) is 0 Å². The van der Waals surface area contributed by atoms with Crippen LogP contribution in [-0.2, 0) is 10.0 Å². The molecule has 0 unspecified atom stereocenters. The van der Waals surface area contributed by atoms with Gasteiger partial charge < -0.3 is 11.1 Å². The van der Waals surface area contributed by atoms with Crippen molar-refractivity contribution < 1.29 is 8.42 Å². The Morgan fingerprint density at radius 1 is 1.29 bits per heavy atom. The number of nitrogens with zero attached hydrogens (tertiary/aromatic N) is 1. The molecule has 0 aliphatic rings. The van der Waals surface area contributed by atoms with Crippen LogP contribution < -0.4 is 11.1 Å². The van der Waals surface area contributed by atoms with E-state index >= 15 is 0 Å². The van der Waals surface area contributed by atoms with Gasteiger partial charge in [-0.25, -0.2) is 12.7 Å². The largest absolute Gasteiger partial charge is 0.397 e. The Bertz CT molecular complexity index is 495. The lowest BCUT2D eigenvalue weighted by Crippen LogP contribution is -2.22. The highest BCUT2D eigenvalue weighted by Crippen LogP contribution is 2.24. The molecule has 1 rings (SSSR count). The standard InChI is InChI=1S/C11H19N3O2S/c1-8(2)13-11-7-9(5-6-10(11)12)17(15,16)14(3)4/h5-8,13H,12H2,1-4H3. The van der Waals surface area contributed by atoms with E-state index in [0.29, 0.717) is 11.4 Å². The molecule has 17 heavy (non-hydrogen) atoms. The number of rotatable bonds is 4. The Morgan fingerprint density at radius 3 is 2.35 bits per heavy atom. The highest BCUT2D eigenvalue weighted by atomic mass is 32.2. The molecule has 1 aromatic carbocycles. The number of nitrogen functional groups attached to an aromatic ring is 1. The summed E-state index contributed by atoms with van der Waals surface area (Å²) in [6.45, 7) is 3.93. The first-order chi connectivity index (χ1) is 7.75. The van der Waals surface area contributed by atoms with Gasteiger partial charge in [-0.15, -0.1) is 0 Å². The van der Waals surface area contributed by atoms with Crippen LogP contribution in [0.1, 0.15) is 13.8 Å². The first-order valence-corrected chi connectivity index (χ1v) is 6.77. The van der Waals surface area contributed by atoms with Gasteiger partial charge in [0.15, 0.2) is 0 Å². The monoisotopic (exact) mass is 257 g/mol. The molecule has 0 heterocycles. The molecule has 0 aliphatic heterocycles. The molecule has 5 nitrogen and oxygen atoms in total. The number of nitrogens with one attached hydrogen (secondary N) is 1. The summed E-state index contributed by atoms with van der Waals surface area (Å²) in [5.74, 6) is 0. The van der Waals surface area contributed by atoms with E-state index in [1.807, 2.05) is 13.8 Å². The zero-order valence-electron chi connectivity index (χ0n) is 10.6. The molecule has 0 atom stereocenters. The van der Waals surface area contributed by atoms with Crippen LogP contribution in [0.5, 0.6) is 0 Å². The molecule has 0 saturated carbocycles. The second kappa shape index (κ2) is 4.93. The highest BCUT2D eigenvalue weighted by molar-refractivity contribution is 7.89. The van der Waals surface area contributed by atoms with Crippen molar-refractivity contribution in [3.05, 3.63) is 18.2 Å². The molecule has 6 heteroatoms. The first kappa shape index (κ1) is 13.8. The molecule has 1 aromatic rings. The van der Waals surface area contributed by atoms with E-state index in [4.69, 9.17) is 5.73 Å². The third-order valence-electron chi connectivity index (χ3n) is 2.25. The second-order valence-corrected chi connectivity index (χ2v) is 6.49. The molecular weight excluding hydrogens is 238 g/mol. The number of hydrogen-bond donors (Lipinski definition) is 2. The van der Waals surface area contributed by atoms with E-state index < -0.39 is 10.0 Å². The number of hydrogen-bond acceptors (Lipinski definition) is 4. The molecule has 96 valence electrons. The number of benzene rings is 1. The van der Waals surface area contributed by atoms with Gasteiger partial charge in [0.1, 0.15) is 0 Å². The van der Waals surface area contributed by atoms with Crippen molar-refractivity contribution in [3.63, 3.8) is 0 Å². The molecule has 0 amide bonds. The van der Waals surface area contributed by atoms with Crippen molar-refractivity contribution in [2.75, 3.05) is 25.1 Å². The van der Waals surface area contributed by atoms with Gasteiger partial charge in [-0.3, -0.25) is 0 Å². The maximum absolute atomic E-state index is 11.9. The number of sulfonamides is 1. The van der Waals surface area contributed by atoms with Crippen LogP contribution in [0.4, 0.5) is 11.4 Å². The third-order valence-corrected chi connectivity index (χ3v) is 4.06. The minimum absolute atomic E-state index is 0.189. The van der Waals surface area contributed by atoms with Crippen LogP contribution in [0.25, 0.3) is 0 Å². The minimum atomic E-state index is -3.41. The van der Waals surface area contributed by atoms with Crippen molar-refractivity contribution in [3.8, 4) is 0 Å². The van der Waals surface area contributed by atoms with Gasteiger partial charge in [-0.1, -0.05) is 0 Å². The van der Waals surface area contributed by atoms with Crippen LogP contribution in [-0.4, -0.2) is 32.9 Å². The third kappa shape index (κ3) is 3.10. The fourth-order valence-corrected chi connectivity index (χ4v) is 2.27. The fraction of sp³-hybridized carbons (Fsp3) is 0.455. The van der Waals surface area contributed by atoms with Gasteiger partial charge in [0, 0.05) is 20.1 Å². The Hall–Kier alpha value is -1.27. The summed E-state index contributed by atoms with van der Waals surface area (Å²) in [6.07, 6.45) is 0. The van der Waals surface area contributed by atoms with Crippen molar-refractivity contribution in [2.45, 2.75) is 24.8 Å². The highest BCUT2D eigenvalue weighted by Gasteiger charge is 2.18. The van der Waals surface area contributed by atoms with E-state index in [9.17, 15) is 8.42 Å². The molecule has 0 radical (unpaired) electrons. The lowest BCUT2D eigenvalue weighted by molar-refractivity contribution is 0.521. The lowest BCUT2D eigenvalue weighted by atomic mass is 10.2. The van der Waals surface area contributed by atoms with Gasteiger partial charge in [-0.2, -0.15) is 0 Å². The van der Waals surface area contributed by atoms with Crippen LogP contribution in [0.3, 0.4) is 0 Å². The Morgan fingerprint density at radius 2 is 1.88 bits per heavy atom. The van der Waals surface area contributed by atoms with Crippen LogP contribution in [0.15, 0.2) is 23.1 Å². The quantitative estimate of drug-likeness (QED) is 0.798. The van der Waals surface area contributed by atoms with E-state index in [0.717, 1.165) is 0 Å². The van der Waals surface area contributed by atoms with E-state index in [-0.39, 0.29) is 10.9 Å². The zero-order chi connectivity index (χ0) is 13.2. The fourth-order valence-electron chi connectivity index (χ4n) is 1.34. The van der Waals surface area contributed by atoms with Gasteiger partial charge in [0.05, 0.1) is 16.3 Å². The molecule has 0 spiro atoms. The average molecular weight is 257 g/mol. The molecule has 3 N–H and O–H groups in total. The summed E-state index contributed by atoms with van der Waals surface area (Å²) in [5, 5.41) is 3.12. The summed E-state index contributed by atoms with van der Waals surface area (Å²) < 4.78 is 25.1. The van der Waals surface area contributed by atoms with Crippen LogP contribution in [0, 0.1) is 0 Å². The summed E-state index contributed by atoms with van der Waals surface area (Å²) in [4.78, 5) is 0.236. The maximum Gasteiger partial charge on any atom is 0.242 e. The zero-order valence-corrected chi connectivity index (χ0v) is 11.4. The Labute approximate surface area is 103 Å². The molecule has 0 saturated heterocycles. The second-order valence-electron chi connectivity index (χ2n) is 4.34. The molecular formula is C11H19N3O2S. The summed E-state index contributed by atoms with van der Waals surface area (Å²) in [5.41, 5.74) is 6.97. The topological polar surface area (TPSA) is 75.4 Å². The summed E-state index contributed by atoms with van der Waals surface area (Å²) in [6, 6.07) is 4.86. The van der Waals surface area contributed by atoms with Crippen molar-refractivity contribution in [2.24, 2.45) is 0 Å². The molecule has 0 bridgehead atoms. The Kier molecular flexibility index (Phi) is 4.00. The van der Waals surface area contributed by atoms with Gasteiger partial charge in [0.25, 0.3) is 0 Å². The van der Waals surface area contributed by atoms with Gasteiger partial charge in [-0.05, 0) is 32.0 Å². The first-order valence-electron chi connectivity index (χ1n) is 5.33. The van der Waals surface area contributed by atoms with Crippen molar-refractivity contribution >= 4 is 21.4 Å². The lowest BCUT2D eigenvalue weighted by Gasteiger charge is -2.16. The van der Waals surface area contributed by atoms with Crippen molar-refractivity contribution in [1.29, 1.82) is 0 Å². The smallest absolute Gasteiger partial charge is 0.242 e. The predicted molar refractivity (Wildman–Crippen MR) is 70.5 cm³/mol. The van der Waals surface area contributed by atoms with E-state index in [1.165, 1.54) is 24.5 Å². The maximum atomic E-state index is 11.9. The minimum Gasteiger partial charge on any atom is -0.397 e. The number of anilines is 2. The molecule has 0 fully saturated rings. The predicted octanol–water partition coefficient (Wildman–Crippen LogP) is 1.34. The SMILES string of the molecule is CC(C)Nc1cc(S(=O)(=O)N(C)C)ccc1N. The van der Waals surface area contributed by atoms with Crippen LogP contribution >= 0.6 is 0 Å². The number of nitrogens with two attached hydrogens (primary N) is 1. The summed E-state index contributed by atoms with van der Waals surface area (Å²) in [7, 11) is -0.412. The normalized spacial score (nSPS) is 12.1. The summed E-state index contributed by atoms with van der Waals surface area (Å²) >= 11 is 0. The average Bonchev–Trinajstić information content (AvgIpc) is 2.20. The van der Waals surface area contributed by atoms with E-state index in [2.05, 4.69) is 5.32 Å². The van der Waals surface area contributed by atoms with Crippen molar-refractivity contribution in [1.82, 2.24) is 4.31 Å². The molecule has 0 aliphatic carbocycles. The Balaban J connectivity index is 3.22. The molecule has 0 aromatic heterocycles.